The van der Waals surface area contributed by atoms with Gasteiger partial charge in [0.25, 0.3) is 15.9 Å². The second kappa shape index (κ2) is 9.29. The fourth-order valence-electron chi connectivity index (χ4n) is 2.42. The van der Waals surface area contributed by atoms with Gasteiger partial charge in [-0.25, -0.2) is 13.8 Å². The first-order chi connectivity index (χ1) is 13.5. The van der Waals surface area contributed by atoms with Crippen LogP contribution in [-0.2, 0) is 16.4 Å². The fourth-order valence-corrected chi connectivity index (χ4v) is 4.47. The van der Waals surface area contributed by atoms with Gasteiger partial charge in [-0.05, 0) is 54.1 Å². The third kappa shape index (κ3) is 5.51. The molecule has 0 atom stereocenters. The molecule has 1 heterocycles. The Morgan fingerprint density at radius 1 is 1.00 bits per heavy atom. The molecule has 28 heavy (non-hydrogen) atoms. The summed E-state index contributed by atoms with van der Waals surface area (Å²) < 4.78 is 27.1. The van der Waals surface area contributed by atoms with Crippen molar-refractivity contribution in [2.75, 3.05) is 4.72 Å². The van der Waals surface area contributed by atoms with Crippen molar-refractivity contribution in [2.24, 2.45) is 5.10 Å². The number of rotatable bonds is 8. The Labute approximate surface area is 168 Å². The van der Waals surface area contributed by atoms with Crippen LogP contribution >= 0.6 is 11.3 Å². The summed E-state index contributed by atoms with van der Waals surface area (Å²) >= 11 is 1.14. The molecule has 0 bridgehead atoms. The standard InChI is InChI=1S/C20H19N3O3S2/c24-20(22-21-14-4-8-16-6-2-1-3-7-16)17-10-12-18(13-11-17)23-28(25,26)19-9-5-15-27-19/h1-3,5-7,9-15,23H,4,8H2,(H,22,24)/b21-14-. The molecule has 1 aromatic heterocycles. The van der Waals surface area contributed by atoms with Gasteiger partial charge in [-0.15, -0.1) is 11.3 Å². The molecule has 2 aromatic carbocycles. The van der Waals surface area contributed by atoms with E-state index >= 15 is 0 Å². The number of benzene rings is 2. The zero-order chi connectivity index (χ0) is 19.8. The van der Waals surface area contributed by atoms with E-state index in [4.69, 9.17) is 0 Å². The van der Waals surface area contributed by atoms with Crippen LogP contribution in [-0.4, -0.2) is 20.5 Å². The van der Waals surface area contributed by atoms with Crippen LogP contribution in [0.3, 0.4) is 0 Å². The minimum atomic E-state index is -3.60. The molecule has 6 nitrogen and oxygen atoms in total. The average Bonchev–Trinajstić information content (AvgIpc) is 3.25. The maximum atomic E-state index is 12.2. The van der Waals surface area contributed by atoms with E-state index in [2.05, 4.69) is 15.2 Å². The number of nitrogens with one attached hydrogen (secondary N) is 2. The highest BCUT2D eigenvalue weighted by molar-refractivity contribution is 7.94. The lowest BCUT2D eigenvalue weighted by molar-refractivity contribution is 0.0955. The first-order valence-electron chi connectivity index (χ1n) is 8.57. The molecule has 3 rings (SSSR count). The summed E-state index contributed by atoms with van der Waals surface area (Å²) in [6.07, 6.45) is 3.22. The van der Waals surface area contributed by atoms with E-state index in [0.717, 1.165) is 17.8 Å². The minimum absolute atomic E-state index is 0.235. The summed E-state index contributed by atoms with van der Waals surface area (Å²) in [6, 6.07) is 19.4. The Morgan fingerprint density at radius 2 is 1.75 bits per heavy atom. The third-order valence-corrected chi connectivity index (χ3v) is 6.60. The Morgan fingerprint density at radius 3 is 2.43 bits per heavy atom. The van der Waals surface area contributed by atoms with Gasteiger partial charge in [0, 0.05) is 17.5 Å². The molecule has 0 aliphatic heterocycles. The maximum Gasteiger partial charge on any atom is 0.271 e. The number of amides is 1. The summed E-state index contributed by atoms with van der Waals surface area (Å²) in [6.45, 7) is 0. The lowest BCUT2D eigenvalue weighted by Gasteiger charge is -2.07. The predicted octanol–water partition coefficient (Wildman–Crippen LogP) is 3.90. The zero-order valence-electron chi connectivity index (χ0n) is 14.9. The minimum Gasteiger partial charge on any atom is -0.279 e. The number of thiophene rings is 1. The monoisotopic (exact) mass is 413 g/mol. The topological polar surface area (TPSA) is 87.6 Å². The van der Waals surface area contributed by atoms with E-state index < -0.39 is 10.0 Å². The second-order valence-electron chi connectivity index (χ2n) is 5.89. The molecule has 1 amide bonds. The molecule has 0 radical (unpaired) electrons. The van der Waals surface area contributed by atoms with Crippen LogP contribution in [0.25, 0.3) is 0 Å². The Hall–Kier alpha value is -2.97. The molecule has 0 aliphatic carbocycles. The third-order valence-electron chi connectivity index (χ3n) is 3.82. The second-order valence-corrected chi connectivity index (χ2v) is 8.75. The highest BCUT2D eigenvalue weighted by Gasteiger charge is 2.15. The van der Waals surface area contributed by atoms with Gasteiger partial charge in [-0.3, -0.25) is 9.52 Å². The number of hydrazone groups is 1. The molecule has 2 N–H and O–H groups in total. The summed E-state index contributed by atoms with van der Waals surface area (Å²) in [5, 5.41) is 5.64. The van der Waals surface area contributed by atoms with Gasteiger partial charge in [-0.1, -0.05) is 36.4 Å². The molecule has 3 aromatic rings. The molecule has 8 heteroatoms. The van der Waals surface area contributed by atoms with E-state index in [-0.39, 0.29) is 10.1 Å². The van der Waals surface area contributed by atoms with E-state index in [1.54, 1.807) is 41.9 Å². The van der Waals surface area contributed by atoms with E-state index in [1.807, 2.05) is 30.3 Å². The lowest BCUT2D eigenvalue weighted by atomic mass is 10.1. The summed E-state index contributed by atoms with van der Waals surface area (Å²) in [7, 11) is -3.60. The van der Waals surface area contributed by atoms with Crippen LogP contribution in [0.5, 0.6) is 0 Å². The number of anilines is 1. The van der Waals surface area contributed by atoms with Gasteiger partial charge in [-0.2, -0.15) is 5.10 Å². The van der Waals surface area contributed by atoms with Crippen molar-refractivity contribution in [3.63, 3.8) is 0 Å². The van der Waals surface area contributed by atoms with Crippen LogP contribution in [0.1, 0.15) is 22.3 Å². The number of carbonyl (C=O) groups excluding carboxylic acids is 1. The molecule has 144 valence electrons. The maximum absolute atomic E-state index is 12.2. The van der Waals surface area contributed by atoms with Crippen LogP contribution in [0.15, 0.2) is 81.4 Å². The molecular formula is C20H19N3O3S2. The van der Waals surface area contributed by atoms with Crippen molar-refractivity contribution in [1.82, 2.24) is 5.43 Å². The first kappa shape index (κ1) is 19.8. The van der Waals surface area contributed by atoms with Crippen molar-refractivity contribution in [1.29, 1.82) is 0 Å². The van der Waals surface area contributed by atoms with E-state index in [1.165, 1.54) is 11.6 Å². The van der Waals surface area contributed by atoms with Gasteiger partial charge in [0.1, 0.15) is 4.21 Å². The number of nitrogens with zero attached hydrogens (tertiary/aromatic N) is 1. The summed E-state index contributed by atoms with van der Waals surface area (Å²) in [4.78, 5) is 12.1. The van der Waals surface area contributed by atoms with Gasteiger partial charge in [0.2, 0.25) is 0 Å². The van der Waals surface area contributed by atoms with Gasteiger partial charge >= 0.3 is 0 Å². The highest BCUT2D eigenvalue weighted by atomic mass is 32.2. The SMILES string of the molecule is O=C(N/N=C\CCc1ccccc1)c1ccc(NS(=O)(=O)c2cccs2)cc1. The van der Waals surface area contributed by atoms with Crippen molar-refractivity contribution in [3.05, 3.63) is 83.2 Å². The van der Waals surface area contributed by atoms with Crippen molar-refractivity contribution < 1.29 is 13.2 Å². The van der Waals surface area contributed by atoms with Crippen LogP contribution in [0.2, 0.25) is 0 Å². The van der Waals surface area contributed by atoms with Crippen LogP contribution < -0.4 is 10.1 Å². The molecule has 0 spiro atoms. The van der Waals surface area contributed by atoms with Gasteiger partial charge < -0.3 is 0 Å². The van der Waals surface area contributed by atoms with E-state index in [0.29, 0.717) is 17.7 Å². The first-order valence-corrected chi connectivity index (χ1v) is 10.9. The van der Waals surface area contributed by atoms with Crippen LogP contribution in [0, 0.1) is 0 Å². The van der Waals surface area contributed by atoms with Gasteiger partial charge in [0.05, 0.1) is 0 Å². The Balaban J connectivity index is 1.50. The quantitative estimate of drug-likeness (QED) is 0.434. The molecule has 0 saturated heterocycles. The Kier molecular flexibility index (Phi) is 6.57. The molecule has 0 saturated carbocycles. The van der Waals surface area contributed by atoms with Gasteiger partial charge in [0.15, 0.2) is 0 Å². The average molecular weight is 414 g/mol. The molecule has 0 aliphatic rings. The predicted molar refractivity (Wildman–Crippen MR) is 112 cm³/mol. The smallest absolute Gasteiger partial charge is 0.271 e. The normalized spacial score (nSPS) is 11.4. The Bertz CT molecular complexity index is 1030. The van der Waals surface area contributed by atoms with Crippen molar-refractivity contribution in [2.45, 2.75) is 17.1 Å². The highest BCUT2D eigenvalue weighted by Crippen LogP contribution is 2.20. The number of carbonyl (C=O) groups is 1. The summed E-state index contributed by atoms with van der Waals surface area (Å²) in [5.74, 6) is -0.358. The zero-order valence-corrected chi connectivity index (χ0v) is 16.5. The van der Waals surface area contributed by atoms with Crippen molar-refractivity contribution in [3.8, 4) is 0 Å². The molecule has 0 fully saturated rings. The number of hydrogen-bond donors (Lipinski definition) is 2. The number of hydrogen-bond acceptors (Lipinski definition) is 5. The molecular weight excluding hydrogens is 394 g/mol. The van der Waals surface area contributed by atoms with Crippen LogP contribution in [0.4, 0.5) is 5.69 Å². The molecule has 0 unspecified atom stereocenters. The summed E-state index contributed by atoms with van der Waals surface area (Å²) in [5.41, 5.74) is 4.45. The number of aryl methyl sites for hydroxylation is 1. The number of sulfonamides is 1. The van der Waals surface area contributed by atoms with E-state index in [9.17, 15) is 13.2 Å². The lowest BCUT2D eigenvalue weighted by Crippen LogP contribution is -2.17. The largest absolute Gasteiger partial charge is 0.279 e. The van der Waals surface area contributed by atoms with Crippen molar-refractivity contribution >= 4 is 39.2 Å². The fraction of sp³-hybridized carbons (Fsp3) is 0.100.